The van der Waals surface area contributed by atoms with E-state index in [-0.39, 0.29) is 24.1 Å². The Morgan fingerprint density at radius 2 is 1.04 bits per heavy atom. The first-order chi connectivity index (χ1) is 21.8. The summed E-state index contributed by atoms with van der Waals surface area (Å²) in [4.78, 5) is 49.8. The molecular weight excluding hydrogens is 568 g/mol. The van der Waals surface area contributed by atoms with Crippen LogP contribution in [0.3, 0.4) is 0 Å². The zero-order valence-electron chi connectivity index (χ0n) is 26.9. The molecule has 0 bridgehead atoms. The summed E-state index contributed by atoms with van der Waals surface area (Å²) in [5.41, 5.74) is 2.35. The maximum atomic E-state index is 12.9. The number of benzene rings is 3. The molecule has 240 valence electrons. The van der Waals surface area contributed by atoms with E-state index in [2.05, 4.69) is 13.8 Å². The molecule has 0 saturated heterocycles. The number of ether oxygens (including phenoxy) is 3. The summed E-state index contributed by atoms with van der Waals surface area (Å²) in [6, 6.07) is 18.2. The first kappa shape index (κ1) is 35.2. The van der Waals surface area contributed by atoms with Gasteiger partial charge in [-0.1, -0.05) is 77.3 Å². The number of Topliss-reactive ketones (excluding diaryl/α,β-unsaturated/α-hetero) is 1. The summed E-state index contributed by atoms with van der Waals surface area (Å²) in [6.45, 7) is 6.12. The highest BCUT2D eigenvalue weighted by Gasteiger charge is 2.14. The van der Waals surface area contributed by atoms with Crippen molar-refractivity contribution < 1.29 is 33.4 Å². The van der Waals surface area contributed by atoms with E-state index in [1.165, 1.54) is 12.8 Å². The number of hydrogen-bond donors (Lipinski definition) is 0. The molecule has 7 nitrogen and oxygen atoms in total. The number of unbranched alkanes of at least 4 members (excludes halogenated alkanes) is 8. The molecule has 3 aromatic rings. The van der Waals surface area contributed by atoms with Gasteiger partial charge in [0.15, 0.2) is 5.78 Å². The molecule has 7 heteroatoms. The van der Waals surface area contributed by atoms with Gasteiger partial charge in [-0.15, -0.1) is 0 Å². The molecule has 0 heterocycles. The van der Waals surface area contributed by atoms with E-state index in [9.17, 15) is 19.2 Å². The van der Waals surface area contributed by atoms with Crippen molar-refractivity contribution in [2.75, 3.05) is 0 Å². The molecule has 0 unspecified atom stereocenters. The highest BCUT2D eigenvalue weighted by molar-refractivity contribution is 5.97. The summed E-state index contributed by atoms with van der Waals surface area (Å²) in [7, 11) is 0. The molecule has 0 spiro atoms. The van der Waals surface area contributed by atoms with E-state index in [1.54, 1.807) is 60.7 Å². The minimum Gasteiger partial charge on any atom is -0.427 e. The van der Waals surface area contributed by atoms with Crippen LogP contribution in [0.4, 0.5) is 0 Å². The van der Waals surface area contributed by atoms with Gasteiger partial charge in [-0.3, -0.25) is 14.4 Å². The Bertz CT molecular complexity index is 1390. The van der Waals surface area contributed by atoms with E-state index in [0.29, 0.717) is 41.2 Å². The van der Waals surface area contributed by atoms with Crippen molar-refractivity contribution >= 4 is 23.7 Å². The smallest absolute Gasteiger partial charge is 0.343 e. The van der Waals surface area contributed by atoms with Crippen molar-refractivity contribution in [3.8, 4) is 17.2 Å². The van der Waals surface area contributed by atoms with Crippen LogP contribution < -0.4 is 14.2 Å². The zero-order valence-corrected chi connectivity index (χ0v) is 26.9. The van der Waals surface area contributed by atoms with Crippen molar-refractivity contribution in [2.45, 2.75) is 104 Å². The minimum absolute atomic E-state index is 0.0785. The maximum Gasteiger partial charge on any atom is 0.343 e. The molecule has 0 aromatic heterocycles. The molecule has 3 aromatic carbocycles. The van der Waals surface area contributed by atoms with E-state index in [4.69, 9.17) is 14.2 Å². The fourth-order valence-corrected chi connectivity index (χ4v) is 4.86. The highest BCUT2D eigenvalue weighted by Crippen LogP contribution is 2.23. The predicted octanol–water partition coefficient (Wildman–Crippen LogP) is 9.17. The third-order valence-corrected chi connectivity index (χ3v) is 7.51. The van der Waals surface area contributed by atoms with Gasteiger partial charge in [-0.25, -0.2) is 4.79 Å². The van der Waals surface area contributed by atoms with Gasteiger partial charge in [0.2, 0.25) is 0 Å². The Morgan fingerprint density at radius 3 is 1.53 bits per heavy atom. The third kappa shape index (κ3) is 12.7. The second kappa shape index (κ2) is 19.2. The topological polar surface area (TPSA) is 96.0 Å². The monoisotopic (exact) mass is 614 g/mol. The molecule has 45 heavy (non-hydrogen) atoms. The fourth-order valence-electron chi connectivity index (χ4n) is 4.86. The van der Waals surface area contributed by atoms with Crippen LogP contribution in [0.25, 0.3) is 0 Å². The normalized spacial score (nSPS) is 10.7. The average Bonchev–Trinajstić information content (AvgIpc) is 3.02. The molecular formula is C38H46O7. The van der Waals surface area contributed by atoms with Crippen LogP contribution >= 0.6 is 0 Å². The number of esters is 3. The van der Waals surface area contributed by atoms with Crippen LogP contribution in [0, 0.1) is 6.92 Å². The van der Waals surface area contributed by atoms with Gasteiger partial charge in [0.25, 0.3) is 0 Å². The molecule has 3 rings (SSSR count). The number of aryl methyl sites for hydroxylation is 1. The molecule has 0 radical (unpaired) electrons. The SMILES string of the molecule is CCCCCCCC(=O)Oc1ccc(C(=O)Cc2ccc(OC(=O)c3ccc(OC(=O)CCCCCCC)cc3)c(C)c2)cc1. The van der Waals surface area contributed by atoms with Gasteiger partial charge in [0, 0.05) is 24.8 Å². The lowest BCUT2D eigenvalue weighted by Crippen LogP contribution is -2.11. The Hall–Kier alpha value is -4.26. The van der Waals surface area contributed by atoms with Crippen LogP contribution in [0.1, 0.15) is 123 Å². The quantitative estimate of drug-likeness (QED) is 0.0575. The van der Waals surface area contributed by atoms with Gasteiger partial charge >= 0.3 is 17.9 Å². The van der Waals surface area contributed by atoms with Crippen molar-refractivity contribution in [1.29, 1.82) is 0 Å². The fraction of sp³-hybridized carbons (Fsp3) is 0.421. The van der Waals surface area contributed by atoms with Crippen LogP contribution in [0.15, 0.2) is 66.7 Å². The summed E-state index contributed by atoms with van der Waals surface area (Å²) >= 11 is 0. The van der Waals surface area contributed by atoms with Crippen molar-refractivity contribution in [1.82, 2.24) is 0 Å². The predicted molar refractivity (Wildman–Crippen MR) is 175 cm³/mol. The summed E-state index contributed by atoms with van der Waals surface area (Å²) in [5.74, 6) is 0.0557. The lowest BCUT2D eigenvalue weighted by Gasteiger charge is -2.10. The highest BCUT2D eigenvalue weighted by atomic mass is 16.5. The van der Waals surface area contributed by atoms with Gasteiger partial charge in [0.05, 0.1) is 5.56 Å². The summed E-state index contributed by atoms with van der Waals surface area (Å²) in [5, 5.41) is 0. The molecule has 0 aliphatic heterocycles. The van der Waals surface area contributed by atoms with Crippen molar-refractivity contribution in [2.24, 2.45) is 0 Å². The molecule has 0 aliphatic carbocycles. The lowest BCUT2D eigenvalue weighted by atomic mass is 10.0. The van der Waals surface area contributed by atoms with Gasteiger partial charge in [0.1, 0.15) is 17.2 Å². The number of ketones is 1. The molecule has 0 aliphatic rings. The van der Waals surface area contributed by atoms with E-state index >= 15 is 0 Å². The van der Waals surface area contributed by atoms with Crippen molar-refractivity contribution in [3.63, 3.8) is 0 Å². The Kier molecular flexibility index (Phi) is 15.0. The first-order valence-electron chi connectivity index (χ1n) is 16.3. The Balaban J connectivity index is 1.46. The number of carbonyl (C=O) groups excluding carboxylic acids is 4. The number of rotatable bonds is 19. The van der Waals surface area contributed by atoms with Crippen LogP contribution in [0.2, 0.25) is 0 Å². The third-order valence-electron chi connectivity index (χ3n) is 7.51. The number of carbonyl (C=O) groups is 4. The minimum atomic E-state index is -0.534. The molecule has 0 N–H and O–H groups in total. The van der Waals surface area contributed by atoms with Crippen molar-refractivity contribution in [3.05, 3.63) is 89.0 Å². The number of hydrogen-bond acceptors (Lipinski definition) is 7. The molecule has 0 atom stereocenters. The second-order valence-electron chi connectivity index (χ2n) is 11.4. The van der Waals surface area contributed by atoms with Gasteiger partial charge < -0.3 is 14.2 Å². The second-order valence-corrected chi connectivity index (χ2v) is 11.4. The van der Waals surface area contributed by atoms with E-state index < -0.39 is 5.97 Å². The average molecular weight is 615 g/mol. The molecule has 0 amide bonds. The standard InChI is InChI=1S/C38H46O7/c1-4-6-8-10-12-14-36(40)43-32-21-17-30(18-22-32)34(39)27-29-16-25-35(28(3)26-29)45-38(42)31-19-23-33(24-20-31)44-37(41)15-13-11-9-7-5-2/h16-26H,4-15,27H2,1-3H3. The van der Waals surface area contributed by atoms with Crippen LogP contribution in [0.5, 0.6) is 17.2 Å². The maximum absolute atomic E-state index is 12.9. The van der Waals surface area contributed by atoms with Gasteiger partial charge in [-0.2, -0.15) is 0 Å². The Labute approximate surface area is 267 Å². The largest absolute Gasteiger partial charge is 0.427 e. The van der Waals surface area contributed by atoms with Crippen LogP contribution in [-0.4, -0.2) is 23.7 Å². The lowest BCUT2D eigenvalue weighted by molar-refractivity contribution is -0.135. The van der Waals surface area contributed by atoms with Gasteiger partial charge in [-0.05, 0) is 85.5 Å². The summed E-state index contributed by atoms with van der Waals surface area (Å²) < 4.78 is 16.4. The first-order valence-corrected chi connectivity index (χ1v) is 16.3. The Morgan fingerprint density at radius 1 is 0.556 bits per heavy atom. The molecule has 0 fully saturated rings. The van der Waals surface area contributed by atoms with Crippen LogP contribution in [-0.2, 0) is 16.0 Å². The van der Waals surface area contributed by atoms with E-state index in [1.807, 2.05) is 13.0 Å². The van der Waals surface area contributed by atoms with E-state index in [0.717, 1.165) is 62.5 Å². The zero-order chi connectivity index (χ0) is 32.4. The molecule has 0 saturated carbocycles. The summed E-state index contributed by atoms with van der Waals surface area (Å²) in [6.07, 6.45) is 11.5.